The first-order chi connectivity index (χ1) is 10.7. The number of carbonyl (C=O) groups is 1. The highest BCUT2D eigenvalue weighted by Gasteiger charge is 2.11. The normalized spacial score (nSPS) is 10.6. The summed E-state index contributed by atoms with van der Waals surface area (Å²) in [6.45, 7) is 0.207. The number of ether oxygens (including phenoxy) is 1. The maximum absolute atomic E-state index is 13.9. The van der Waals surface area contributed by atoms with E-state index in [0.717, 1.165) is 10.2 Å². The third-order valence-corrected chi connectivity index (χ3v) is 4.00. The lowest BCUT2D eigenvalue weighted by atomic mass is 10.1. The lowest BCUT2D eigenvalue weighted by Gasteiger charge is -2.09. The van der Waals surface area contributed by atoms with Crippen molar-refractivity contribution in [3.05, 3.63) is 52.9 Å². The number of halogens is 1. The summed E-state index contributed by atoms with van der Waals surface area (Å²) < 4.78 is 18.5. The molecule has 0 spiro atoms. The summed E-state index contributed by atoms with van der Waals surface area (Å²) in [5.74, 6) is -0.256. The smallest absolute Gasteiger partial charge is 0.337 e. The van der Waals surface area contributed by atoms with Crippen molar-refractivity contribution in [3.8, 4) is 0 Å². The summed E-state index contributed by atoms with van der Waals surface area (Å²) in [5.41, 5.74) is 0.675. The van der Waals surface area contributed by atoms with E-state index in [2.05, 4.69) is 20.0 Å². The summed E-state index contributed by atoms with van der Waals surface area (Å²) in [6.07, 6.45) is 1.46. The second-order valence-electron chi connectivity index (χ2n) is 4.51. The van der Waals surface area contributed by atoms with E-state index in [-0.39, 0.29) is 6.54 Å². The summed E-state index contributed by atoms with van der Waals surface area (Å²) >= 11 is 1.51. The number of nitrogens with zero attached hydrogens (tertiary/aromatic N) is 2. The van der Waals surface area contributed by atoms with E-state index in [0.29, 0.717) is 16.9 Å². The number of fused-ring (bicyclic) bond motifs is 1. The number of rotatable bonds is 4. The van der Waals surface area contributed by atoms with Crippen LogP contribution in [0.25, 0.3) is 10.2 Å². The molecule has 1 aromatic carbocycles. The molecule has 0 bridgehead atoms. The van der Waals surface area contributed by atoms with Crippen LogP contribution in [-0.2, 0) is 11.3 Å². The number of esters is 1. The van der Waals surface area contributed by atoms with Crippen LogP contribution in [0.5, 0.6) is 0 Å². The van der Waals surface area contributed by atoms with Gasteiger partial charge in [0.25, 0.3) is 0 Å². The molecule has 0 saturated heterocycles. The van der Waals surface area contributed by atoms with E-state index in [1.807, 2.05) is 11.4 Å². The van der Waals surface area contributed by atoms with Crippen molar-refractivity contribution in [1.29, 1.82) is 0 Å². The van der Waals surface area contributed by atoms with Gasteiger partial charge in [-0.05, 0) is 29.6 Å². The molecule has 1 N–H and O–H groups in total. The van der Waals surface area contributed by atoms with Gasteiger partial charge in [-0.15, -0.1) is 11.3 Å². The van der Waals surface area contributed by atoms with Gasteiger partial charge in [0.05, 0.1) is 18.1 Å². The number of methoxy groups -OCH3 is 1. The fraction of sp³-hybridized carbons (Fsp3) is 0.133. The van der Waals surface area contributed by atoms with Crippen LogP contribution in [-0.4, -0.2) is 23.0 Å². The maximum atomic E-state index is 13.9. The summed E-state index contributed by atoms with van der Waals surface area (Å²) in [5, 5.41) is 5.88. The molecule has 0 fully saturated rings. The average Bonchev–Trinajstić information content (AvgIpc) is 3.02. The molecule has 0 aliphatic heterocycles. The first-order valence-corrected chi connectivity index (χ1v) is 7.36. The standard InChI is InChI=1S/C15H12FN3O2S/c1-21-15(20)9-2-3-12(16)10(6-9)7-17-13-11-4-5-22-14(11)19-8-18-13/h2-6,8H,7H2,1H3,(H,17,18,19). The molecule has 0 atom stereocenters. The van der Waals surface area contributed by atoms with E-state index < -0.39 is 11.8 Å². The quantitative estimate of drug-likeness (QED) is 0.749. The molecule has 22 heavy (non-hydrogen) atoms. The second kappa shape index (κ2) is 6.07. The van der Waals surface area contributed by atoms with Crippen LogP contribution in [0.4, 0.5) is 10.2 Å². The van der Waals surface area contributed by atoms with E-state index in [4.69, 9.17) is 0 Å². The van der Waals surface area contributed by atoms with Crippen LogP contribution in [0.2, 0.25) is 0 Å². The molecule has 2 aromatic heterocycles. The Morgan fingerprint density at radius 1 is 1.36 bits per heavy atom. The molecular weight excluding hydrogens is 305 g/mol. The monoisotopic (exact) mass is 317 g/mol. The molecule has 3 rings (SSSR count). The van der Waals surface area contributed by atoms with Gasteiger partial charge in [0.1, 0.15) is 22.8 Å². The second-order valence-corrected chi connectivity index (χ2v) is 5.41. The zero-order chi connectivity index (χ0) is 15.5. The van der Waals surface area contributed by atoms with Crippen molar-refractivity contribution in [2.45, 2.75) is 6.54 Å². The number of thiophene rings is 1. The Morgan fingerprint density at radius 3 is 3.05 bits per heavy atom. The van der Waals surface area contributed by atoms with E-state index in [1.165, 1.54) is 43.0 Å². The molecule has 0 aliphatic carbocycles. The van der Waals surface area contributed by atoms with Gasteiger partial charge in [0.15, 0.2) is 0 Å². The molecule has 0 radical (unpaired) electrons. The van der Waals surface area contributed by atoms with Crippen molar-refractivity contribution < 1.29 is 13.9 Å². The van der Waals surface area contributed by atoms with Crippen molar-refractivity contribution in [1.82, 2.24) is 9.97 Å². The molecular formula is C15H12FN3O2S. The minimum absolute atomic E-state index is 0.207. The predicted molar refractivity (Wildman–Crippen MR) is 82.5 cm³/mol. The third-order valence-electron chi connectivity index (χ3n) is 3.17. The molecule has 112 valence electrons. The van der Waals surface area contributed by atoms with Gasteiger partial charge in [-0.2, -0.15) is 0 Å². The number of carbonyl (C=O) groups excluding carboxylic acids is 1. The van der Waals surface area contributed by atoms with Crippen LogP contribution in [0.1, 0.15) is 15.9 Å². The highest BCUT2D eigenvalue weighted by Crippen LogP contribution is 2.24. The number of hydrogen-bond acceptors (Lipinski definition) is 6. The van der Waals surface area contributed by atoms with Gasteiger partial charge in [-0.3, -0.25) is 0 Å². The fourth-order valence-electron chi connectivity index (χ4n) is 2.06. The highest BCUT2D eigenvalue weighted by molar-refractivity contribution is 7.16. The van der Waals surface area contributed by atoms with Crippen molar-refractivity contribution in [2.24, 2.45) is 0 Å². The van der Waals surface area contributed by atoms with Crippen molar-refractivity contribution in [2.75, 3.05) is 12.4 Å². The lowest BCUT2D eigenvalue weighted by Crippen LogP contribution is -2.07. The molecule has 0 saturated carbocycles. The lowest BCUT2D eigenvalue weighted by molar-refractivity contribution is 0.0600. The molecule has 0 amide bonds. The van der Waals surface area contributed by atoms with Gasteiger partial charge >= 0.3 is 5.97 Å². The number of nitrogens with one attached hydrogen (secondary N) is 1. The average molecular weight is 317 g/mol. The Kier molecular flexibility index (Phi) is 3.97. The number of benzene rings is 1. The van der Waals surface area contributed by atoms with Gasteiger partial charge < -0.3 is 10.1 Å². The van der Waals surface area contributed by atoms with Crippen molar-refractivity contribution >= 4 is 33.3 Å². The topological polar surface area (TPSA) is 64.1 Å². The minimum atomic E-state index is -0.497. The zero-order valence-corrected chi connectivity index (χ0v) is 12.5. The van der Waals surface area contributed by atoms with Crippen LogP contribution >= 0.6 is 11.3 Å². The van der Waals surface area contributed by atoms with Crippen LogP contribution < -0.4 is 5.32 Å². The molecule has 2 heterocycles. The van der Waals surface area contributed by atoms with Crippen LogP contribution in [0.15, 0.2) is 36.0 Å². The molecule has 7 heteroatoms. The molecule has 3 aromatic rings. The molecule has 5 nitrogen and oxygen atoms in total. The first kappa shape index (κ1) is 14.4. The third kappa shape index (κ3) is 2.75. The number of hydrogen-bond donors (Lipinski definition) is 1. The predicted octanol–water partition coefficient (Wildman–Crippen LogP) is 3.23. The van der Waals surface area contributed by atoms with Gasteiger partial charge in [-0.25, -0.2) is 19.2 Å². The maximum Gasteiger partial charge on any atom is 0.337 e. The summed E-state index contributed by atoms with van der Waals surface area (Å²) in [7, 11) is 1.29. The molecule has 0 aliphatic rings. The van der Waals surface area contributed by atoms with Crippen molar-refractivity contribution in [3.63, 3.8) is 0 Å². The zero-order valence-electron chi connectivity index (χ0n) is 11.7. The Bertz CT molecular complexity index is 835. The Hall–Kier alpha value is -2.54. The van der Waals surface area contributed by atoms with Gasteiger partial charge in [0.2, 0.25) is 0 Å². The van der Waals surface area contributed by atoms with E-state index in [9.17, 15) is 9.18 Å². The Labute approximate surface area is 129 Å². The summed E-state index contributed by atoms with van der Waals surface area (Å²) in [6, 6.07) is 6.03. The van der Waals surface area contributed by atoms with Gasteiger partial charge in [0, 0.05) is 12.1 Å². The largest absolute Gasteiger partial charge is 0.465 e. The highest BCUT2D eigenvalue weighted by atomic mass is 32.1. The fourth-order valence-corrected chi connectivity index (χ4v) is 2.80. The summed E-state index contributed by atoms with van der Waals surface area (Å²) in [4.78, 5) is 20.7. The van der Waals surface area contributed by atoms with E-state index in [1.54, 1.807) is 0 Å². The SMILES string of the molecule is COC(=O)c1ccc(F)c(CNc2ncnc3sccc23)c1. The van der Waals surface area contributed by atoms with Crippen LogP contribution in [0.3, 0.4) is 0 Å². The molecule has 0 unspecified atom stereocenters. The van der Waals surface area contributed by atoms with Gasteiger partial charge in [-0.1, -0.05) is 0 Å². The Balaban J connectivity index is 1.84. The first-order valence-electron chi connectivity index (χ1n) is 6.48. The number of anilines is 1. The van der Waals surface area contributed by atoms with Crippen LogP contribution in [0, 0.1) is 5.82 Å². The van der Waals surface area contributed by atoms with E-state index >= 15 is 0 Å². The Morgan fingerprint density at radius 2 is 2.23 bits per heavy atom. The number of aromatic nitrogens is 2. The minimum Gasteiger partial charge on any atom is -0.465 e.